The highest BCUT2D eigenvalue weighted by Gasteiger charge is 2.18. The van der Waals surface area contributed by atoms with E-state index in [-0.39, 0.29) is 0 Å². The van der Waals surface area contributed by atoms with E-state index in [1.54, 1.807) is 0 Å². The maximum Gasteiger partial charge on any atom is 0.222 e. The maximum atomic E-state index is 11.5. The van der Waals surface area contributed by atoms with E-state index in [1.165, 1.54) is 109 Å². The number of hydrogen-bond acceptors (Lipinski definition) is 1. The first-order valence-corrected chi connectivity index (χ1v) is 11.6. The molecule has 0 unspecified atom stereocenters. The van der Waals surface area contributed by atoms with Gasteiger partial charge in [0.1, 0.15) is 0 Å². The smallest absolute Gasteiger partial charge is 0.222 e. The van der Waals surface area contributed by atoms with E-state index in [2.05, 4.69) is 11.8 Å². The lowest BCUT2D eigenvalue weighted by molar-refractivity contribution is -0.127. The highest BCUT2D eigenvalue weighted by Crippen LogP contribution is 2.15. The molecule has 0 bridgehead atoms. The fourth-order valence-corrected chi connectivity index (χ4v) is 3.97. The van der Waals surface area contributed by atoms with E-state index in [0.717, 1.165) is 25.9 Å². The van der Waals surface area contributed by atoms with Crippen LogP contribution in [0.4, 0.5) is 0 Å². The zero-order valence-corrected chi connectivity index (χ0v) is 17.2. The van der Waals surface area contributed by atoms with Crippen LogP contribution in [0.15, 0.2) is 0 Å². The molecule has 1 saturated heterocycles. The number of amides is 1. The summed E-state index contributed by atoms with van der Waals surface area (Å²) in [5, 5.41) is 0. The lowest BCUT2D eigenvalue weighted by Crippen LogP contribution is -2.25. The Balaban J connectivity index is 1.67. The number of rotatable bonds is 18. The number of nitrogens with zero attached hydrogens (tertiary/aromatic N) is 1. The summed E-state index contributed by atoms with van der Waals surface area (Å²) in [5.74, 6) is 0.386. The molecule has 0 N–H and O–H groups in total. The predicted molar refractivity (Wildman–Crippen MR) is 110 cm³/mol. The summed E-state index contributed by atoms with van der Waals surface area (Å²) >= 11 is 0. The van der Waals surface area contributed by atoms with E-state index in [9.17, 15) is 4.79 Å². The molecule has 1 aliphatic rings. The number of carbonyl (C=O) groups is 1. The van der Waals surface area contributed by atoms with Gasteiger partial charge in [-0.2, -0.15) is 0 Å². The van der Waals surface area contributed by atoms with Crippen LogP contribution in [0.2, 0.25) is 0 Å². The molecule has 0 spiro atoms. The average molecular weight is 352 g/mol. The van der Waals surface area contributed by atoms with Gasteiger partial charge in [-0.3, -0.25) is 4.79 Å². The zero-order valence-electron chi connectivity index (χ0n) is 17.2. The van der Waals surface area contributed by atoms with E-state index < -0.39 is 0 Å². The summed E-state index contributed by atoms with van der Waals surface area (Å²) in [4.78, 5) is 13.6. The maximum absolute atomic E-state index is 11.5. The van der Waals surface area contributed by atoms with Gasteiger partial charge in [0.05, 0.1) is 0 Å². The van der Waals surface area contributed by atoms with Gasteiger partial charge in [0.2, 0.25) is 5.91 Å². The quantitative estimate of drug-likeness (QED) is 0.238. The second-order valence-corrected chi connectivity index (χ2v) is 8.14. The van der Waals surface area contributed by atoms with Crippen molar-refractivity contribution in [2.24, 2.45) is 0 Å². The Labute approximate surface area is 158 Å². The van der Waals surface area contributed by atoms with Crippen LogP contribution >= 0.6 is 0 Å². The van der Waals surface area contributed by atoms with Crippen molar-refractivity contribution in [3.8, 4) is 0 Å². The lowest BCUT2D eigenvalue weighted by Gasteiger charge is -2.14. The molecular formula is C23H45NO. The van der Waals surface area contributed by atoms with Crippen molar-refractivity contribution in [2.45, 2.75) is 129 Å². The van der Waals surface area contributed by atoms with Gasteiger partial charge in [0, 0.05) is 19.5 Å². The monoisotopic (exact) mass is 351 g/mol. The van der Waals surface area contributed by atoms with Crippen molar-refractivity contribution in [2.75, 3.05) is 13.1 Å². The summed E-state index contributed by atoms with van der Waals surface area (Å²) < 4.78 is 0. The van der Waals surface area contributed by atoms with Crippen molar-refractivity contribution >= 4 is 5.91 Å². The van der Waals surface area contributed by atoms with Crippen LogP contribution in [-0.2, 0) is 4.79 Å². The van der Waals surface area contributed by atoms with E-state index in [0.29, 0.717) is 5.91 Å². The van der Waals surface area contributed by atoms with Gasteiger partial charge in [-0.25, -0.2) is 0 Å². The number of hydrogen-bond donors (Lipinski definition) is 0. The minimum Gasteiger partial charge on any atom is -0.343 e. The number of unbranched alkanes of at least 4 members (excludes halogenated alkanes) is 16. The molecule has 0 atom stereocenters. The van der Waals surface area contributed by atoms with E-state index >= 15 is 0 Å². The van der Waals surface area contributed by atoms with Crippen molar-refractivity contribution in [3.05, 3.63) is 0 Å². The molecular weight excluding hydrogens is 306 g/mol. The fraction of sp³-hybridized carbons (Fsp3) is 0.957. The van der Waals surface area contributed by atoms with Crippen LogP contribution in [0.25, 0.3) is 0 Å². The van der Waals surface area contributed by atoms with Gasteiger partial charge in [0.25, 0.3) is 0 Å². The first kappa shape index (κ1) is 22.5. The van der Waals surface area contributed by atoms with Gasteiger partial charge in [-0.1, -0.05) is 110 Å². The Hall–Kier alpha value is -0.530. The summed E-state index contributed by atoms with van der Waals surface area (Å²) in [5.41, 5.74) is 0. The van der Waals surface area contributed by atoms with Crippen LogP contribution in [0, 0.1) is 0 Å². The highest BCUT2D eigenvalue weighted by molar-refractivity contribution is 5.77. The van der Waals surface area contributed by atoms with Crippen LogP contribution in [0.5, 0.6) is 0 Å². The molecule has 0 radical (unpaired) electrons. The van der Waals surface area contributed by atoms with Crippen LogP contribution in [-0.4, -0.2) is 23.9 Å². The molecule has 1 fully saturated rings. The van der Waals surface area contributed by atoms with Crippen LogP contribution in [0.1, 0.15) is 129 Å². The second kappa shape index (κ2) is 16.9. The SMILES string of the molecule is CCCCCCCCCCCCCCCCCCCN1CCCC1=O. The molecule has 0 aromatic rings. The molecule has 0 aromatic carbocycles. The van der Waals surface area contributed by atoms with Crippen LogP contribution < -0.4 is 0 Å². The Morgan fingerprint density at radius 1 is 0.640 bits per heavy atom. The topological polar surface area (TPSA) is 20.3 Å². The molecule has 1 amide bonds. The first-order valence-electron chi connectivity index (χ1n) is 11.6. The third-order valence-corrected chi connectivity index (χ3v) is 5.70. The normalized spacial score (nSPS) is 14.6. The molecule has 2 nitrogen and oxygen atoms in total. The Bertz CT molecular complexity index is 302. The molecule has 0 aromatic heterocycles. The molecule has 0 aliphatic carbocycles. The van der Waals surface area contributed by atoms with Gasteiger partial charge in [0.15, 0.2) is 0 Å². The number of carbonyl (C=O) groups excluding carboxylic acids is 1. The third kappa shape index (κ3) is 13.3. The summed E-state index contributed by atoms with van der Waals surface area (Å²) in [6.07, 6.45) is 25.9. The minimum atomic E-state index is 0.386. The Morgan fingerprint density at radius 2 is 1.04 bits per heavy atom. The first-order chi connectivity index (χ1) is 12.3. The van der Waals surface area contributed by atoms with Crippen LogP contribution in [0.3, 0.4) is 0 Å². The van der Waals surface area contributed by atoms with Gasteiger partial charge in [-0.15, -0.1) is 0 Å². The zero-order chi connectivity index (χ0) is 18.0. The standard InChI is InChI=1S/C23H45NO/c1-2-3-4-5-6-7-8-9-10-11-12-13-14-15-16-17-18-21-24-22-19-20-23(24)25/h2-22H2,1H3. The van der Waals surface area contributed by atoms with E-state index in [1.807, 2.05) is 0 Å². The van der Waals surface area contributed by atoms with Crippen molar-refractivity contribution in [1.29, 1.82) is 0 Å². The minimum absolute atomic E-state index is 0.386. The number of likely N-dealkylation sites (tertiary alicyclic amines) is 1. The highest BCUT2D eigenvalue weighted by atomic mass is 16.2. The molecule has 1 heterocycles. The Kier molecular flexibility index (Phi) is 15.2. The van der Waals surface area contributed by atoms with Gasteiger partial charge in [-0.05, 0) is 12.8 Å². The molecule has 1 rings (SSSR count). The lowest BCUT2D eigenvalue weighted by atomic mass is 10.0. The second-order valence-electron chi connectivity index (χ2n) is 8.14. The van der Waals surface area contributed by atoms with Crippen molar-refractivity contribution in [3.63, 3.8) is 0 Å². The molecule has 1 aliphatic heterocycles. The van der Waals surface area contributed by atoms with Gasteiger partial charge < -0.3 is 4.90 Å². The van der Waals surface area contributed by atoms with Gasteiger partial charge >= 0.3 is 0 Å². The molecule has 25 heavy (non-hydrogen) atoms. The summed E-state index contributed by atoms with van der Waals surface area (Å²) in [6, 6.07) is 0. The molecule has 148 valence electrons. The fourth-order valence-electron chi connectivity index (χ4n) is 3.97. The van der Waals surface area contributed by atoms with Crippen molar-refractivity contribution < 1.29 is 4.79 Å². The molecule has 2 heteroatoms. The Morgan fingerprint density at radius 3 is 1.40 bits per heavy atom. The third-order valence-electron chi connectivity index (χ3n) is 5.70. The molecule has 0 saturated carbocycles. The van der Waals surface area contributed by atoms with E-state index in [4.69, 9.17) is 0 Å². The average Bonchev–Trinajstić information content (AvgIpc) is 3.02. The predicted octanol–water partition coefficient (Wildman–Crippen LogP) is 7.26. The largest absolute Gasteiger partial charge is 0.343 e. The summed E-state index contributed by atoms with van der Waals surface area (Å²) in [7, 11) is 0. The summed E-state index contributed by atoms with van der Waals surface area (Å²) in [6.45, 7) is 4.31. The van der Waals surface area contributed by atoms with Crippen molar-refractivity contribution in [1.82, 2.24) is 4.90 Å².